The van der Waals surface area contributed by atoms with Gasteiger partial charge >= 0.3 is 6.03 Å². The number of aliphatic hydroxyl groups excluding tert-OH is 1. The van der Waals surface area contributed by atoms with Crippen LogP contribution in [-0.2, 0) is 6.42 Å². The minimum absolute atomic E-state index is 0.192. The summed E-state index contributed by atoms with van der Waals surface area (Å²) in [4.78, 5) is 15.4. The van der Waals surface area contributed by atoms with Gasteiger partial charge in [-0.3, -0.25) is 4.98 Å². The third kappa shape index (κ3) is 6.20. The number of carbonyl (C=O) groups is 1. The first-order valence-electron chi connectivity index (χ1n) is 6.31. The summed E-state index contributed by atoms with van der Waals surface area (Å²) in [6.45, 7) is 2.99. The zero-order chi connectivity index (χ0) is 13.2. The van der Waals surface area contributed by atoms with E-state index in [1.54, 1.807) is 12.4 Å². The first kappa shape index (κ1) is 14.4. The highest BCUT2D eigenvalue weighted by Gasteiger charge is 2.02. The number of rotatable bonds is 7. The quantitative estimate of drug-likeness (QED) is 0.679. The van der Waals surface area contributed by atoms with Crippen LogP contribution in [0.1, 0.15) is 25.3 Å². The van der Waals surface area contributed by atoms with E-state index in [0.717, 1.165) is 12.0 Å². The van der Waals surface area contributed by atoms with Crippen LogP contribution >= 0.6 is 0 Å². The van der Waals surface area contributed by atoms with Crippen molar-refractivity contribution >= 4 is 6.03 Å². The number of nitrogens with zero attached hydrogens (tertiary/aromatic N) is 1. The normalized spacial score (nSPS) is 11.9. The lowest BCUT2D eigenvalue weighted by Gasteiger charge is -2.10. The monoisotopic (exact) mass is 251 g/mol. The molecule has 0 saturated heterocycles. The fraction of sp³-hybridized carbons (Fsp3) is 0.538. The van der Waals surface area contributed by atoms with Crippen molar-refractivity contribution in [3.05, 3.63) is 30.1 Å². The van der Waals surface area contributed by atoms with Crippen molar-refractivity contribution in [3.63, 3.8) is 0 Å². The fourth-order valence-corrected chi connectivity index (χ4v) is 1.49. The zero-order valence-corrected chi connectivity index (χ0v) is 10.7. The second-order valence-electron chi connectivity index (χ2n) is 4.14. The summed E-state index contributed by atoms with van der Waals surface area (Å²) in [6, 6.07) is 3.66. The highest BCUT2D eigenvalue weighted by molar-refractivity contribution is 5.73. The number of hydrogen-bond donors (Lipinski definition) is 3. The standard InChI is InChI=1S/C13H21N3O2/c1-2-12(17)6-9-16-13(18)15-8-5-11-4-3-7-14-10-11/h3-4,7,10,12,17H,2,5-6,8-9H2,1H3,(H2,15,16,18). The van der Waals surface area contributed by atoms with Crippen LogP contribution in [0.5, 0.6) is 0 Å². The molecule has 1 unspecified atom stereocenters. The third-order valence-corrected chi connectivity index (χ3v) is 2.66. The lowest BCUT2D eigenvalue weighted by Crippen LogP contribution is -2.37. The Bertz CT molecular complexity index is 343. The molecule has 3 N–H and O–H groups in total. The van der Waals surface area contributed by atoms with Gasteiger partial charge < -0.3 is 15.7 Å². The zero-order valence-electron chi connectivity index (χ0n) is 10.7. The number of amides is 2. The van der Waals surface area contributed by atoms with Crippen molar-refractivity contribution in [2.24, 2.45) is 0 Å². The molecular formula is C13H21N3O2. The molecule has 0 radical (unpaired) electrons. The molecule has 0 bridgehead atoms. The average Bonchev–Trinajstić information content (AvgIpc) is 2.39. The number of nitrogens with one attached hydrogen (secondary N) is 2. The van der Waals surface area contributed by atoms with Gasteiger partial charge in [0.15, 0.2) is 0 Å². The second kappa shape index (κ2) is 8.47. The summed E-state index contributed by atoms with van der Waals surface area (Å²) in [5.41, 5.74) is 1.10. The van der Waals surface area contributed by atoms with Gasteiger partial charge in [-0.2, -0.15) is 0 Å². The topological polar surface area (TPSA) is 74.2 Å². The van der Waals surface area contributed by atoms with Gasteiger partial charge in [-0.1, -0.05) is 13.0 Å². The number of aliphatic hydroxyl groups is 1. The Labute approximate surface area is 108 Å². The number of pyridine rings is 1. The largest absolute Gasteiger partial charge is 0.393 e. The van der Waals surface area contributed by atoms with Crippen LogP contribution in [-0.4, -0.2) is 35.3 Å². The van der Waals surface area contributed by atoms with Crippen LogP contribution in [0.2, 0.25) is 0 Å². The molecule has 5 heteroatoms. The van der Waals surface area contributed by atoms with Crippen LogP contribution < -0.4 is 10.6 Å². The third-order valence-electron chi connectivity index (χ3n) is 2.66. The molecule has 100 valence electrons. The van der Waals surface area contributed by atoms with E-state index in [0.29, 0.717) is 25.9 Å². The van der Waals surface area contributed by atoms with E-state index in [1.807, 2.05) is 19.1 Å². The smallest absolute Gasteiger partial charge is 0.314 e. The van der Waals surface area contributed by atoms with E-state index in [-0.39, 0.29) is 12.1 Å². The summed E-state index contributed by atoms with van der Waals surface area (Å²) in [7, 11) is 0. The van der Waals surface area contributed by atoms with Crippen molar-refractivity contribution in [3.8, 4) is 0 Å². The maximum absolute atomic E-state index is 11.4. The molecule has 1 heterocycles. The molecule has 1 rings (SSSR count). The Balaban J connectivity index is 2.07. The van der Waals surface area contributed by atoms with E-state index in [2.05, 4.69) is 15.6 Å². The molecule has 1 aromatic heterocycles. The van der Waals surface area contributed by atoms with Crippen LogP contribution in [0.4, 0.5) is 4.79 Å². The Morgan fingerprint density at radius 3 is 2.89 bits per heavy atom. The SMILES string of the molecule is CCC(O)CCNC(=O)NCCc1cccnc1. The minimum atomic E-state index is -0.333. The Hall–Kier alpha value is -1.62. The molecular weight excluding hydrogens is 230 g/mol. The summed E-state index contributed by atoms with van der Waals surface area (Å²) in [6.07, 6.45) is 5.25. The van der Waals surface area contributed by atoms with E-state index >= 15 is 0 Å². The van der Waals surface area contributed by atoms with E-state index < -0.39 is 0 Å². The van der Waals surface area contributed by atoms with Gasteiger partial charge in [0.05, 0.1) is 6.10 Å². The molecule has 0 aromatic carbocycles. The minimum Gasteiger partial charge on any atom is -0.393 e. The highest BCUT2D eigenvalue weighted by Crippen LogP contribution is 1.96. The summed E-state index contributed by atoms with van der Waals surface area (Å²) in [5.74, 6) is 0. The molecule has 2 amide bonds. The van der Waals surface area contributed by atoms with Crippen molar-refractivity contribution < 1.29 is 9.90 Å². The number of aromatic nitrogens is 1. The summed E-state index contributed by atoms with van der Waals surface area (Å²) >= 11 is 0. The van der Waals surface area contributed by atoms with Gasteiger partial charge in [-0.05, 0) is 30.9 Å². The number of urea groups is 1. The highest BCUT2D eigenvalue weighted by atomic mass is 16.3. The van der Waals surface area contributed by atoms with Crippen molar-refractivity contribution in [2.75, 3.05) is 13.1 Å². The van der Waals surface area contributed by atoms with Gasteiger partial charge in [-0.15, -0.1) is 0 Å². The van der Waals surface area contributed by atoms with Crippen molar-refractivity contribution in [1.82, 2.24) is 15.6 Å². The second-order valence-corrected chi connectivity index (χ2v) is 4.14. The maximum Gasteiger partial charge on any atom is 0.314 e. The predicted octanol–water partition coefficient (Wildman–Crippen LogP) is 1.08. The fourth-order valence-electron chi connectivity index (χ4n) is 1.49. The molecule has 0 spiro atoms. The number of hydrogen-bond acceptors (Lipinski definition) is 3. The molecule has 0 aliphatic rings. The van der Waals surface area contributed by atoms with Gasteiger partial charge in [0.1, 0.15) is 0 Å². The molecule has 18 heavy (non-hydrogen) atoms. The van der Waals surface area contributed by atoms with E-state index in [9.17, 15) is 9.90 Å². The van der Waals surface area contributed by atoms with Crippen LogP contribution in [0.15, 0.2) is 24.5 Å². The van der Waals surface area contributed by atoms with Gasteiger partial charge in [0.2, 0.25) is 0 Å². The molecule has 1 aromatic rings. The molecule has 0 aliphatic heterocycles. The Morgan fingerprint density at radius 1 is 1.44 bits per heavy atom. The maximum atomic E-state index is 11.4. The lowest BCUT2D eigenvalue weighted by atomic mass is 10.2. The van der Waals surface area contributed by atoms with Crippen molar-refractivity contribution in [1.29, 1.82) is 0 Å². The van der Waals surface area contributed by atoms with Crippen LogP contribution in [0, 0.1) is 0 Å². The Morgan fingerprint density at radius 2 is 2.22 bits per heavy atom. The first-order chi connectivity index (χ1) is 8.72. The van der Waals surface area contributed by atoms with Gasteiger partial charge in [0.25, 0.3) is 0 Å². The number of carbonyl (C=O) groups excluding carboxylic acids is 1. The summed E-state index contributed by atoms with van der Waals surface area (Å²) < 4.78 is 0. The van der Waals surface area contributed by atoms with Crippen LogP contribution in [0.25, 0.3) is 0 Å². The van der Waals surface area contributed by atoms with Gasteiger partial charge in [-0.25, -0.2) is 4.79 Å². The first-order valence-corrected chi connectivity index (χ1v) is 6.31. The molecule has 0 aliphatic carbocycles. The molecule has 0 saturated carbocycles. The van der Waals surface area contributed by atoms with Gasteiger partial charge in [0, 0.05) is 25.5 Å². The van der Waals surface area contributed by atoms with Crippen LogP contribution in [0.3, 0.4) is 0 Å². The van der Waals surface area contributed by atoms with E-state index in [4.69, 9.17) is 0 Å². The Kier molecular flexibility index (Phi) is 6.79. The average molecular weight is 251 g/mol. The molecule has 5 nitrogen and oxygen atoms in total. The lowest BCUT2D eigenvalue weighted by molar-refractivity contribution is 0.160. The molecule has 0 fully saturated rings. The van der Waals surface area contributed by atoms with E-state index in [1.165, 1.54) is 0 Å². The summed E-state index contributed by atoms with van der Waals surface area (Å²) in [5, 5.41) is 14.8. The molecule has 1 atom stereocenters. The van der Waals surface area contributed by atoms with Crippen molar-refractivity contribution in [2.45, 2.75) is 32.3 Å². The predicted molar refractivity (Wildman–Crippen MR) is 70.3 cm³/mol.